The number of aromatic nitrogens is 2. The topological polar surface area (TPSA) is 55.1 Å². The molecule has 100 valence electrons. The van der Waals surface area contributed by atoms with Gasteiger partial charge in [-0.1, -0.05) is 26.0 Å². The van der Waals surface area contributed by atoms with Crippen molar-refractivity contribution in [3.63, 3.8) is 0 Å². The minimum Gasteiger partial charge on any atom is -0.478 e. The predicted octanol–water partition coefficient (Wildman–Crippen LogP) is 3.22. The van der Waals surface area contributed by atoms with E-state index in [9.17, 15) is 9.90 Å². The molecule has 0 aliphatic rings. The van der Waals surface area contributed by atoms with Crippen molar-refractivity contribution >= 4 is 5.97 Å². The molecular formula is C15H18N2O2. The maximum Gasteiger partial charge on any atom is 0.339 e. The Morgan fingerprint density at radius 2 is 2.05 bits per heavy atom. The molecule has 0 radical (unpaired) electrons. The molecule has 1 heterocycles. The Balaban J connectivity index is 2.68. The van der Waals surface area contributed by atoms with Crippen LogP contribution in [0.1, 0.15) is 41.3 Å². The molecule has 0 unspecified atom stereocenters. The molecule has 1 N–H and O–H groups in total. The molecule has 0 aliphatic carbocycles. The van der Waals surface area contributed by atoms with Gasteiger partial charge in [0.25, 0.3) is 0 Å². The lowest BCUT2D eigenvalue weighted by atomic mass is 9.95. The first-order valence-electron chi connectivity index (χ1n) is 6.28. The molecule has 0 fully saturated rings. The highest BCUT2D eigenvalue weighted by Gasteiger charge is 2.18. The van der Waals surface area contributed by atoms with E-state index in [1.807, 2.05) is 13.0 Å². The smallest absolute Gasteiger partial charge is 0.339 e. The van der Waals surface area contributed by atoms with Gasteiger partial charge in [-0.3, -0.25) is 4.68 Å². The van der Waals surface area contributed by atoms with Gasteiger partial charge in [-0.2, -0.15) is 5.10 Å². The minimum atomic E-state index is -0.947. The molecule has 19 heavy (non-hydrogen) atoms. The van der Waals surface area contributed by atoms with E-state index in [0.29, 0.717) is 11.6 Å². The predicted molar refractivity (Wildman–Crippen MR) is 74.4 cm³/mol. The molecule has 0 amide bonds. The van der Waals surface area contributed by atoms with Crippen molar-refractivity contribution in [3.8, 4) is 11.3 Å². The van der Waals surface area contributed by atoms with Crippen molar-refractivity contribution in [2.24, 2.45) is 7.05 Å². The van der Waals surface area contributed by atoms with Crippen LogP contribution in [0.15, 0.2) is 24.4 Å². The van der Waals surface area contributed by atoms with Crippen molar-refractivity contribution in [2.75, 3.05) is 0 Å². The Morgan fingerprint density at radius 3 is 2.63 bits per heavy atom. The quantitative estimate of drug-likeness (QED) is 0.919. The van der Waals surface area contributed by atoms with Crippen LogP contribution in [-0.4, -0.2) is 20.9 Å². The summed E-state index contributed by atoms with van der Waals surface area (Å²) in [5.41, 5.74) is 4.08. The zero-order valence-electron chi connectivity index (χ0n) is 11.6. The number of aromatic carboxylic acids is 1. The van der Waals surface area contributed by atoms with Gasteiger partial charge in [-0.15, -0.1) is 0 Å². The van der Waals surface area contributed by atoms with E-state index in [0.717, 1.165) is 11.1 Å². The minimum absolute atomic E-state index is 0.242. The van der Waals surface area contributed by atoms with Crippen LogP contribution in [-0.2, 0) is 7.05 Å². The summed E-state index contributed by atoms with van der Waals surface area (Å²) in [4.78, 5) is 11.3. The molecule has 0 spiro atoms. The van der Waals surface area contributed by atoms with Crippen LogP contribution in [0.4, 0.5) is 0 Å². The number of hydrogen-bond acceptors (Lipinski definition) is 2. The number of carbonyl (C=O) groups is 1. The molecule has 1 aromatic carbocycles. The van der Waals surface area contributed by atoms with Gasteiger partial charge in [-0.05, 0) is 30.0 Å². The summed E-state index contributed by atoms with van der Waals surface area (Å²) < 4.78 is 1.62. The molecule has 4 heteroatoms. The first kappa shape index (κ1) is 13.3. The number of nitrogens with zero attached hydrogens (tertiary/aromatic N) is 2. The zero-order chi connectivity index (χ0) is 14.2. The standard InChI is InChI=1S/C15H18N2O2/c1-9(2)11-6-5-10(3)12(7-11)14-13(15(18)19)8-16-17(14)4/h5-9H,1-4H3,(H,18,19). The van der Waals surface area contributed by atoms with Crippen LogP contribution >= 0.6 is 0 Å². The summed E-state index contributed by atoms with van der Waals surface area (Å²) in [6, 6.07) is 6.17. The first-order valence-corrected chi connectivity index (χ1v) is 6.28. The van der Waals surface area contributed by atoms with Gasteiger partial charge in [0.1, 0.15) is 5.56 Å². The second-order valence-corrected chi connectivity index (χ2v) is 5.06. The van der Waals surface area contributed by atoms with Gasteiger partial charge < -0.3 is 5.11 Å². The monoisotopic (exact) mass is 258 g/mol. The summed E-state index contributed by atoms with van der Waals surface area (Å²) in [6.07, 6.45) is 1.40. The van der Waals surface area contributed by atoms with E-state index in [2.05, 4.69) is 31.1 Å². The van der Waals surface area contributed by atoms with Crippen LogP contribution in [0.3, 0.4) is 0 Å². The molecule has 2 aromatic rings. The average molecular weight is 258 g/mol. The van der Waals surface area contributed by atoms with E-state index in [4.69, 9.17) is 0 Å². The normalized spacial score (nSPS) is 11.0. The summed E-state index contributed by atoms with van der Waals surface area (Å²) in [5, 5.41) is 13.3. The third-order valence-electron chi connectivity index (χ3n) is 3.35. The highest BCUT2D eigenvalue weighted by atomic mass is 16.4. The van der Waals surface area contributed by atoms with Crippen molar-refractivity contribution in [2.45, 2.75) is 26.7 Å². The molecule has 2 rings (SSSR count). The Bertz CT molecular complexity index is 627. The number of aryl methyl sites for hydroxylation is 2. The van der Waals surface area contributed by atoms with Gasteiger partial charge in [0, 0.05) is 12.6 Å². The van der Waals surface area contributed by atoms with Gasteiger partial charge in [0.2, 0.25) is 0 Å². The Morgan fingerprint density at radius 1 is 1.37 bits per heavy atom. The molecule has 0 aliphatic heterocycles. The lowest BCUT2D eigenvalue weighted by Crippen LogP contribution is -2.02. The summed E-state index contributed by atoms with van der Waals surface area (Å²) in [7, 11) is 1.77. The molecule has 0 saturated carbocycles. The summed E-state index contributed by atoms with van der Waals surface area (Å²) in [6.45, 7) is 6.23. The van der Waals surface area contributed by atoms with Crippen molar-refractivity contribution in [1.29, 1.82) is 0 Å². The number of rotatable bonds is 3. The van der Waals surface area contributed by atoms with Gasteiger partial charge >= 0.3 is 5.97 Å². The second-order valence-electron chi connectivity index (χ2n) is 5.06. The van der Waals surface area contributed by atoms with Gasteiger partial charge in [-0.25, -0.2) is 4.79 Å². The Labute approximate surface area is 112 Å². The highest BCUT2D eigenvalue weighted by molar-refractivity contribution is 5.95. The second kappa shape index (κ2) is 4.88. The van der Waals surface area contributed by atoms with Crippen LogP contribution in [0.2, 0.25) is 0 Å². The zero-order valence-corrected chi connectivity index (χ0v) is 11.6. The Hall–Kier alpha value is -2.10. The van der Waals surface area contributed by atoms with E-state index in [-0.39, 0.29) is 5.56 Å². The molecule has 0 saturated heterocycles. The van der Waals surface area contributed by atoms with Gasteiger partial charge in [0.15, 0.2) is 0 Å². The lowest BCUT2D eigenvalue weighted by molar-refractivity contribution is 0.0697. The van der Waals surface area contributed by atoms with Gasteiger partial charge in [0.05, 0.1) is 11.9 Å². The highest BCUT2D eigenvalue weighted by Crippen LogP contribution is 2.29. The molecule has 1 aromatic heterocycles. The van der Waals surface area contributed by atoms with Crippen molar-refractivity contribution in [1.82, 2.24) is 9.78 Å². The molecular weight excluding hydrogens is 240 g/mol. The van der Waals surface area contributed by atoms with E-state index in [1.54, 1.807) is 11.7 Å². The van der Waals surface area contributed by atoms with E-state index < -0.39 is 5.97 Å². The van der Waals surface area contributed by atoms with Crippen LogP contribution in [0.25, 0.3) is 11.3 Å². The van der Waals surface area contributed by atoms with Crippen molar-refractivity contribution < 1.29 is 9.90 Å². The number of hydrogen-bond donors (Lipinski definition) is 1. The van der Waals surface area contributed by atoms with Crippen molar-refractivity contribution in [3.05, 3.63) is 41.1 Å². The third-order valence-corrected chi connectivity index (χ3v) is 3.35. The maximum atomic E-state index is 11.3. The number of carboxylic acids is 1. The van der Waals surface area contributed by atoms with E-state index in [1.165, 1.54) is 11.8 Å². The van der Waals surface area contributed by atoms with E-state index >= 15 is 0 Å². The number of benzene rings is 1. The molecule has 0 bridgehead atoms. The first-order chi connectivity index (χ1) is 8.91. The third kappa shape index (κ3) is 2.38. The SMILES string of the molecule is Cc1ccc(C(C)C)cc1-c1c(C(=O)O)cnn1C. The van der Waals surface area contributed by atoms with Crippen LogP contribution in [0.5, 0.6) is 0 Å². The summed E-state index contributed by atoms with van der Waals surface area (Å²) in [5.74, 6) is -0.543. The number of carboxylic acid groups (broad SMARTS) is 1. The fourth-order valence-electron chi connectivity index (χ4n) is 2.17. The molecule has 0 atom stereocenters. The van der Waals surface area contributed by atoms with Crippen LogP contribution in [0, 0.1) is 6.92 Å². The summed E-state index contributed by atoms with van der Waals surface area (Å²) >= 11 is 0. The maximum absolute atomic E-state index is 11.3. The fraction of sp³-hybridized carbons (Fsp3) is 0.333. The largest absolute Gasteiger partial charge is 0.478 e. The van der Waals surface area contributed by atoms with Crippen LogP contribution < -0.4 is 0 Å². The Kier molecular flexibility index (Phi) is 3.42. The lowest BCUT2D eigenvalue weighted by Gasteiger charge is -2.12. The fourth-order valence-corrected chi connectivity index (χ4v) is 2.17. The molecule has 4 nitrogen and oxygen atoms in total. The average Bonchev–Trinajstić information content (AvgIpc) is 2.71.